The first kappa shape index (κ1) is 21.8. The molecule has 10 heteroatoms. The molecule has 2 N–H and O–H groups in total. The quantitative estimate of drug-likeness (QED) is 0.518. The van der Waals surface area contributed by atoms with E-state index in [0.717, 1.165) is 10.5 Å². The second kappa shape index (κ2) is 8.88. The number of anilines is 1. The molecule has 0 saturated carbocycles. The highest BCUT2D eigenvalue weighted by molar-refractivity contribution is 6.39. The van der Waals surface area contributed by atoms with Gasteiger partial charge in [0, 0.05) is 5.02 Å². The van der Waals surface area contributed by atoms with E-state index < -0.39 is 30.4 Å². The first-order valence-electron chi connectivity index (χ1n) is 8.91. The van der Waals surface area contributed by atoms with E-state index in [2.05, 4.69) is 5.32 Å². The largest absolute Gasteiger partial charge is 0.493 e. The summed E-state index contributed by atoms with van der Waals surface area (Å²) in [6, 6.07) is 8.19. The molecule has 31 heavy (non-hydrogen) atoms. The Hall–Kier alpha value is -3.85. The molecule has 1 fully saturated rings. The highest BCUT2D eigenvalue weighted by Crippen LogP contribution is 2.30. The molecule has 2 aromatic carbocycles. The number of ether oxygens (including phenoxy) is 2. The lowest BCUT2D eigenvalue weighted by Crippen LogP contribution is -2.54. The number of rotatable bonds is 6. The van der Waals surface area contributed by atoms with Crippen LogP contribution in [0, 0.1) is 6.92 Å². The fraction of sp³-hybridized carbons (Fsp3) is 0.143. The van der Waals surface area contributed by atoms with Crippen molar-refractivity contribution in [3.05, 3.63) is 58.1 Å². The van der Waals surface area contributed by atoms with Crippen LogP contribution >= 0.6 is 11.6 Å². The molecule has 2 aromatic rings. The van der Waals surface area contributed by atoms with Gasteiger partial charge < -0.3 is 14.6 Å². The lowest BCUT2D eigenvalue weighted by molar-refractivity contribution is -0.139. The maximum atomic E-state index is 13.0. The van der Waals surface area contributed by atoms with Crippen molar-refractivity contribution < 1.29 is 33.8 Å². The average Bonchev–Trinajstić information content (AvgIpc) is 2.72. The summed E-state index contributed by atoms with van der Waals surface area (Å²) in [7, 11) is 1.36. The van der Waals surface area contributed by atoms with E-state index in [-0.39, 0.29) is 22.8 Å². The maximum Gasteiger partial charge on any atom is 0.341 e. The summed E-state index contributed by atoms with van der Waals surface area (Å²) in [4.78, 5) is 49.1. The number of hydrogen-bond donors (Lipinski definition) is 2. The highest BCUT2D eigenvalue weighted by atomic mass is 35.5. The van der Waals surface area contributed by atoms with Crippen molar-refractivity contribution in [3.63, 3.8) is 0 Å². The summed E-state index contributed by atoms with van der Waals surface area (Å²) < 4.78 is 10.3. The van der Waals surface area contributed by atoms with Gasteiger partial charge in [0.15, 0.2) is 18.1 Å². The fourth-order valence-corrected chi connectivity index (χ4v) is 2.99. The molecule has 0 radical (unpaired) electrons. The molecule has 0 aromatic heterocycles. The minimum absolute atomic E-state index is 0.178. The molecule has 0 unspecified atom stereocenters. The summed E-state index contributed by atoms with van der Waals surface area (Å²) in [6.45, 7) is 1.21. The first-order valence-corrected chi connectivity index (χ1v) is 9.29. The van der Waals surface area contributed by atoms with Crippen LogP contribution in [0.5, 0.6) is 11.5 Å². The van der Waals surface area contributed by atoms with E-state index in [9.17, 15) is 19.2 Å². The fourth-order valence-electron chi connectivity index (χ4n) is 2.81. The number of carbonyl (C=O) groups excluding carboxylic acids is 3. The van der Waals surface area contributed by atoms with Gasteiger partial charge in [0.2, 0.25) is 0 Å². The second-order valence-electron chi connectivity index (χ2n) is 6.48. The first-order chi connectivity index (χ1) is 14.7. The highest BCUT2D eigenvalue weighted by Gasteiger charge is 2.37. The van der Waals surface area contributed by atoms with Gasteiger partial charge in [-0.1, -0.05) is 23.7 Å². The molecular formula is C21H17ClN2O7. The summed E-state index contributed by atoms with van der Waals surface area (Å²) in [5.74, 6) is -2.44. The molecule has 0 aliphatic carbocycles. The third-order valence-electron chi connectivity index (χ3n) is 4.37. The predicted octanol–water partition coefficient (Wildman–Crippen LogP) is 2.79. The normalized spacial score (nSPS) is 15.1. The van der Waals surface area contributed by atoms with E-state index >= 15 is 0 Å². The molecule has 0 spiro atoms. The Morgan fingerprint density at radius 2 is 1.90 bits per heavy atom. The predicted molar refractivity (Wildman–Crippen MR) is 111 cm³/mol. The number of carboxylic acid groups (broad SMARTS) is 1. The Morgan fingerprint density at radius 3 is 2.55 bits per heavy atom. The van der Waals surface area contributed by atoms with Crippen molar-refractivity contribution in [1.29, 1.82) is 0 Å². The molecule has 1 aliphatic rings. The molecule has 1 aliphatic heterocycles. The van der Waals surface area contributed by atoms with Crippen LogP contribution in [0.3, 0.4) is 0 Å². The zero-order chi connectivity index (χ0) is 22.7. The zero-order valence-electron chi connectivity index (χ0n) is 16.5. The Morgan fingerprint density at radius 1 is 1.16 bits per heavy atom. The lowest BCUT2D eigenvalue weighted by Gasteiger charge is -2.26. The molecule has 0 bridgehead atoms. The Bertz CT molecular complexity index is 1130. The van der Waals surface area contributed by atoms with Crippen molar-refractivity contribution >= 4 is 47.2 Å². The second-order valence-corrected chi connectivity index (χ2v) is 6.89. The number of imide groups is 2. The van der Waals surface area contributed by atoms with E-state index in [0.29, 0.717) is 10.6 Å². The maximum absolute atomic E-state index is 13.0. The minimum Gasteiger partial charge on any atom is -0.493 e. The number of urea groups is 1. The van der Waals surface area contributed by atoms with Crippen molar-refractivity contribution in [1.82, 2.24) is 5.32 Å². The molecule has 9 nitrogen and oxygen atoms in total. The smallest absolute Gasteiger partial charge is 0.341 e. The molecule has 3 rings (SSSR count). The van der Waals surface area contributed by atoms with Crippen LogP contribution in [-0.4, -0.2) is 42.6 Å². The molecule has 1 saturated heterocycles. The third kappa shape index (κ3) is 4.67. The number of carbonyl (C=O) groups is 4. The average molecular weight is 445 g/mol. The number of aliphatic carboxylic acids is 1. The zero-order valence-corrected chi connectivity index (χ0v) is 17.2. The number of aryl methyl sites for hydroxylation is 1. The molecule has 160 valence electrons. The van der Waals surface area contributed by atoms with Crippen LogP contribution in [0.2, 0.25) is 5.02 Å². The number of methoxy groups -OCH3 is 1. The number of carboxylic acids is 1. The summed E-state index contributed by atoms with van der Waals surface area (Å²) >= 11 is 6.10. The van der Waals surface area contributed by atoms with Gasteiger partial charge in [-0.05, 0) is 48.4 Å². The van der Waals surface area contributed by atoms with E-state index in [4.69, 9.17) is 26.2 Å². The Balaban J connectivity index is 1.96. The van der Waals surface area contributed by atoms with Gasteiger partial charge in [0.1, 0.15) is 5.57 Å². The van der Waals surface area contributed by atoms with Gasteiger partial charge in [-0.25, -0.2) is 14.5 Å². The van der Waals surface area contributed by atoms with Crippen molar-refractivity contribution in [2.24, 2.45) is 0 Å². The van der Waals surface area contributed by atoms with E-state index in [1.165, 1.54) is 37.5 Å². The number of nitrogens with zero attached hydrogens (tertiary/aromatic N) is 1. The molecule has 0 atom stereocenters. The van der Waals surface area contributed by atoms with Crippen LogP contribution in [0.25, 0.3) is 6.08 Å². The number of nitrogens with one attached hydrogen (secondary N) is 1. The van der Waals surface area contributed by atoms with Crippen LogP contribution in [0.1, 0.15) is 11.1 Å². The Kier molecular flexibility index (Phi) is 6.26. The Labute approximate surface area is 181 Å². The molecule has 4 amide bonds. The SMILES string of the molecule is COc1cc(/C=C2/C(=O)NC(=O)N(c3ccc(C)c(Cl)c3)C2=O)ccc1OCC(=O)O. The van der Waals surface area contributed by atoms with Crippen molar-refractivity contribution in [2.75, 3.05) is 18.6 Å². The van der Waals surface area contributed by atoms with Gasteiger partial charge in [0.25, 0.3) is 11.8 Å². The van der Waals surface area contributed by atoms with E-state index in [1.54, 1.807) is 19.1 Å². The number of barbiturate groups is 1. The molecule has 1 heterocycles. The summed E-state index contributed by atoms with van der Waals surface area (Å²) in [5, 5.41) is 11.2. The van der Waals surface area contributed by atoms with Gasteiger partial charge in [0.05, 0.1) is 12.8 Å². The summed E-state index contributed by atoms with van der Waals surface area (Å²) in [5.41, 5.74) is 1.10. The lowest BCUT2D eigenvalue weighted by atomic mass is 10.1. The standard InChI is InChI=1S/C21H17ClN2O7/c1-11-3-5-13(9-15(11)22)24-20(28)14(19(27)23-21(24)29)7-12-4-6-16(17(8-12)30-2)31-10-18(25)26/h3-9H,10H2,1-2H3,(H,25,26)(H,23,27,29)/b14-7-. The number of halogens is 1. The van der Waals surface area contributed by atoms with Crippen LogP contribution in [-0.2, 0) is 14.4 Å². The van der Waals surface area contributed by atoms with E-state index in [1.807, 2.05) is 0 Å². The van der Waals surface area contributed by atoms with Gasteiger partial charge in [-0.2, -0.15) is 0 Å². The van der Waals surface area contributed by atoms with Gasteiger partial charge in [-0.15, -0.1) is 0 Å². The number of hydrogen-bond acceptors (Lipinski definition) is 6. The van der Waals surface area contributed by atoms with Gasteiger partial charge in [-0.3, -0.25) is 14.9 Å². The van der Waals surface area contributed by atoms with Crippen LogP contribution in [0.15, 0.2) is 42.0 Å². The topological polar surface area (TPSA) is 122 Å². The van der Waals surface area contributed by atoms with Crippen LogP contribution in [0.4, 0.5) is 10.5 Å². The number of amides is 4. The van der Waals surface area contributed by atoms with Crippen LogP contribution < -0.4 is 19.7 Å². The monoisotopic (exact) mass is 444 g/mol. The number of benzene rings is 2. The van der Waals surface area contributed by atoms with Crippen molar-refractivity contribution in [2.45, 2.75) is 6.92 Å². The molecular weight excluding hydrogens is 428 g/mol. The third-order valence-corrected chi connectivity index (χ3v) is 4.77. The summed E-state index contributed by atoms with van der Waals surface area (Å²) in [6.07, 6.45) is 1.29. The van der Waals surface area contributed by atoms with Crippen molar-refractivity contribution in [3.8, 4) is 11.5 Å². The minimum atomic E-state index is -1.15. The van der Waals surface area contributed by atoms with Gasteiger partial charge >= 0.3 is 12.0 Å².